The van der Waals surface area contributed by atoms with Crippen molar-refractivity contribution >= 4 is 90.9 Å². The number of thioether (sulfide) groups is 4. The van der Waals surface area contributed by atoms with Gasteiger partial charge in [-0.2, -0.15) is 20.4 Å². The molecule has 4 amide bonds. The highest BCUT2D eigenvalue weighted by molar-refractivity contribution is 8.16. The van der Waals surface area contributed by atoms with E-state index in [0.29, 0.717) is 95.8 Å². The van der Waals surface area contributed by atoms with Crippen molar-refractivity contribution < 1.29 is 68.5 Å². The summed E-state index contributed by atoms with van der Waals surface area (Å²) in [5.74, 6) is -2.91. The first kappa shape index (κ1) is 81.8. The highest BCUT2D eigenvalue weighted by Gasteiger charge is 2.56. The van der Waals surface area contributed by atoms with E-state index in [1.54, 1.807) is 10.0 Å². The van der Waals surface area contributed by atoms with Crippen LogP contribution in [-0.4, -0.2) is 115 Å². The summed E-state index contributed by atoms with van der Waals surface area (Å²) in [6, 6.07) is 44.4. The lowest BCUT2D eigenvalue weighted by atomic mass is 9.82. The fraction of sp³-hybridized carbons (Fsp3) is 0.364. The zero-order chi connectivity index (χ0) is 80.9. The second kappa shape index (κ2) is 35.5. The van der Waals surface area contributed by atoms with E-state index >= 15 is 0 Å². The van der Waals surface area contributed by atoms with Crippen LogP contribution in [0.4, 0.5) is 35.1 Å². The minimum Gasteiger partial charge on any atom is -0.493 e. The summed E-state index contributed by atoms with van der Waals surface area (Å²) in [6.07, 6.45) is 12.9. The first-order valence-corrected chi connectivity index (χ1v) is 42.7. The third kappa shape index (κ3) is 16.6. The summed E-state index contributed by atoms with van der Waals surface area (Å²) in [5, 5.41) is 25.5. The maximum Gasteiger partial charge on any atom is 0.244 e. The normalized spacial score (nSPS) is 22.0. The van der Waals surface area contributed by atoms with Crippen LogP contribution in [0.2, 0.25) is 0 Å². The molecule has 0 bridgehead atoms. The first-order valence-electron chi connectivity index (χ1n) is 39.4. The molecule has 3 aliphatic carbocycles. The van der Waals surface area contributed by atoms with Crippen LogP contribution in [0.3, 0.4) is 0 Å². The van der Waals surface area contributed by atoms with Crippen molar-refractivity contribution in [3.05, 3.63) is 272 Å². The number of hydrogen-bond donors (Lipinski definition) is 0. The summed E-state index contributed by atoms with van der Waals surface area (Å²) in [4.78, 5) is 51.9. The summed E-state index contributed by atoms with van der Waals surface area (Å²) in [6.45, 7) is 8.90. The molecular weight excluding hydrogens is 1580 g/mol. The summed E-state index contributed by atoms with van der Waals surface area (Å²) >= 11 is 5.32. The Morgan fingerprint density at radius 1 is 0.405 bits per heavy atom. The average molecular weight is 1660 g/mol. The maximum atomic E-state index is 14.5. The highest BCUT2D eigenvalue weighted by atomic mass is 32.2. The molecule has 16 nitrogen and oxygen atoms in total. The Balaban J connectivity index is 0.000000122. The van der Waals surface area contributed by atoms with Gasteiger partial charge in [-0.15, -0.1) is 0 Å². The van der Waals surface area contributed by atoms with E-state index in [0.717, 1.165) is 192 Å². The van der Waals surface area contributed by atoms with Crippen LogP contribution in [0, 0.1) is 52.5 Å². The van der Waals surface area contributed by atoms with Gasteiger partial charge in [-0.05, 0) is 177 Å². The third-order valence-electron chi connectivity index (χ3n) is 22.3. The lowest BCUT2D eigenvalue weighted by molar-refractivity contribution is -0.136. The molecule has 1 saturated carbocycles. The van der Waals surface area contributed by atoms with Gasteiger partial charge < -0.3 is 14.2 Å². The maximum absolute atomic E-state index is 14.5. The number of para-hydroxylation sites is 2. The van der Waals surface area contributed by atoms with Crippen LogP contribution in [0.1, 0.15) is 172 Å². The van der Waals surface area contributed by atoms with Crippen molar-refractivity contribution in [3.63, 3.8) is 0 Å². The fourth-order valence-electron chi connectivity index (χ4n) is 16.1. The number of ether oxygens (including phenoxy) is 3. The number of nitrogens with zero attached hydrogens (tertiary/aromatic N) is 9. The van der Waals surface area contributed by atoms with E-state index in [1.807, 2.05) is 98.8 Å². The van der Waals surface area contributed by atoms with Crippen molar-refractivity contribution in [2.24, 2.45) is 26.3 Å². The van der Waals surface area contributed by atoms with E-state index in [2.05, 4.69) is 37.4 Å². The van der Waals surface area contributed by atoms with Crippen LogP contribution in [0.25, 0.3) is 0 Å². The van der Waals surface area contributed by atoms with Crippen LogP contribution in [0.15, 0.2) is 190 Å². The smallest absolute Gasteiger partial charge is 0.244 e. The molecule has 4 unspecified atom stereocenters. The lowest BCUT2D eigenvalue weighted by Crippen LogP contribution is -2.44. The SMILES string of the molecule is CCCCC(=O)N1N=C(c2cc(F)ccc2F)SC12CCOc1ccccc12.CCCCC(=O)N1N=C(c2cc(F)ccc2F)SC12CCOc1ccccc12.O=C(CC1CCC1)N1N=C(c2cc(F)ccc2F)SC12CCc1ccccc12.O=C(CCCN1CCOCC1)N1N=C(c2cc(F)ccc2F)SC12CCc1ccccc12. The van der Waals surface area contributed by atoms with Crippen LogP contribution in [0.5, 0.6) is 11.5 Å². The molecule has 0 N–H and O–H groups in total. The predicted molar refractivity (Wildman–Crippen MR) is 436 cm³/mol. The molecule has 2 fully saturated rings. The number of unbranched alkanes of at least 4 members (excludes halogenated alkanes) is 2. The van der Waals surface area contributed by atoms with Crippen molar-refractivity contribution in [2.45, 2.75) is 149 Å². The van der Waals surface area contributed by atoms with E-state index in [4.69, 9.17) is 14.2 Å². The van der Waals surface area contributed by atoms with Gasteiger partial charge in [0.25, 0.3) is 0 Å². The van der Waals surface area contributed by atoms with Gasteiger partial charge >= 0.3 is 0 Å². The number of hydrogen-bond acceptors (Lipinski definition) is 16. The Labute approximate surface area is 684 Å². The van der Waals surface area contributed by atoms with E-state index in [9.17, 15) is 54.3 Å². The number of carbonyl (C=O) groups excluding carboxylic acids is 4. The number of amides is 4. The number of benzene rings is 8. The monoisotopic (exact) mass is 1660 g/mol. The molecule has 1 saturated heterocycles. The molecule has 10 aliphatic rings. The van der Waals surface area contributed by atoms with E-state index < -0.39 is 66.0 Å². The molecule has 4 spiro atoms. The molecule has 8 aromatic rings. The van der Waals surface area contributed by atoms with Crippen LogP contribution < -0.4 is 9.47 Å². The molecule has 18 rings (SSSR count). The van der Waals surface area contributed by atoms with Gasteiger partial charge in [-0.3, -0.25) is 24.1 Å². The summed E-state index contributed by atoms with van der Waals surface area (Å²) in [7, 11) is 0. The summed E-state index contributed by atoms with van der Waals surface area (Å²) < 4.78 is 130. The van der Waals surface area contributed by atoms with Gasteiger partial charge in [-0.25, -0.2) is 55.2 Å². The molecule has 7 aliphatic heterocycles. The molecule has 0 aromatic heterocycles. The predicted octanol–water partition coefficient (Wildman–Crippen LogP) is 19.4. The van der Waals surface area contributed by atoms with Gasteiger partial charge in [0.15, 0.2) is 0 Å². The number of rotatable bonds is 16. The molecule has 116 heavy (non-hydrogen) atoms. The minimum atomic E-state index is -0.812. The molecule has 0 radical (unpaired) electrons. The first-order chi connectivity index (χ1) is 56.2. The standard InChI is InChI=1S/C24H25F2N3O2S.C22H20F2N2OS.2C21H20F2N2O2S/c25-18-7-8-21(26)19(16-18)23-27-29(22(30)6-3-11-28-12-14-31-15-13-28)24(32-23)10-9-17-4-1-2-5-20(17)24;23-16-8-9-19(24)17(13-16)21-25-26(20(27)12-14-4-3-5-14)22(28-21)11-10-15-6-1-2-7-18(15)22;2*1-2-3-8-19(26)25-21(11-12-27-18-7-5-4-6-16(18)21)28-20(24-25)15-13-14(22)9-10-17(15)23/h1-2,4-5,7-8,16H,3,6,9-15H2;1-2,6-9,13-14H,3-5,10-12H2;2*4-7,9-10,13H,2-3,8,11-12H2,1H3. The Hall–Kier alpha value is -9.32. The zero-order valence-corrected chi connectivity index (χ0v) is 67.2. The summed E-state index contributed by atoms with van der Waals surface area (Å²) in [5.41, 5.74) is 6.45. The van der Waals surface area contributed by atoms with E-state index in [-0.39, 0.29) is 45.9 Å². The molecule has 28 heteroatoms. The molecule has 7 heterocycles. The highest BCUT2D eigenvalue weighted by Crippen LogP contribution is 2.59. The Bertz CT molecular complexity index is 5060. The van der Waals surface area contributed by atoms with Gasteiger partial charge in [0.05, 0.1) is 26.4 Å². The van der Waals surface area contributed by atoms with Crippen molar-refractivity contribution in [2.75, 3.05) is 46.1 Å². The Morgan fingerprint density at radius 3 is 1.10 bits per heavy atom. The Morgan fingerprint density at radius 2 is 0.741 bits per heavy atom. The van der Waals surface area contributed by atoms with E-state index in [1.165, 1.54) is 74.6 Å². The van der Waals surface area contributed by atoms with Gasteiger partial charge in [-0.1, -0.05) is 165 Å². The van der Waals surface area contributed by atoms with Crippen molar-refractivity contribution in [1.82, 2.24) is 24.9 Å². The number of carbonyl (C=O) groups is 4. The number of halogens is 8. The second-order valence-corrected chi connectivity index (χ2v) is 34.8. The van der Waals surface area contributed by atoms with Gasteiger partial charge in [0.1, 0.15) is 97.7 Å². The van der Waals surface area contributed by atoms with Gasteiger partial charge in [0, 0.05) is 85.0 Å². The number of aryl methyl sites for hydroxylation is 2. The molecule has 8 aromatic carbocycles. The zero-order valence-electron chi connectivity index (χ0n) is 64.0. The largest absolute Gasteiger partial charge is 0.493 e. The molecule has 604 valence electrons. The van der Waals surface area contributed by atoms with Crippen molar-refractivity contribution in [1.29, 1.82) is 0 Å². The van der Waals surface area contributed by atoms with Crippen molar-refractivity contribution in [3.8, 4) is 11.5 Å². The second-order valence-electron chi connectivity index (χ2n) is 29.8. The van der Waals surface area contributed by atoms with Crippen LogP contribution >= 0.6 is 47.0 Å². The lowest BCUT2D eigenvalue weighted by Gasteiger charge is -2.39. The molecular formula is C88H85F8N9O7S4. The fourth-order valence-corrected chi connectivity index (χ4v) is 21.8. The topological polar surface area (TPSA) is 162 Å². The number of fused-ring (bicyclic) bond motifs is 8. The third-order valence-corrected chi connectivity index (χ3v) is 28.0. The molecule has 4 atom stereocenters. The Kier molecular flexibility index (Phi) is 25.0. The number of morpholine rings is 1. The van der Waals surface area contributed by atoms with Gasteiger partial charge in [0.2, 0.25) is 23.6 Å². The average Bonchev–Trinajstić information content (AvgIpc) is 1.58. The number of hydrazone groups is 4. The van der Waals surface area contributed by atoms with Crippen LogP contribution in [-0.2, 0) is 56.2 Å². The quantitative estimate of drug-likeness (QED) is 0.0843. The minimum absolute atomic E-state index is 0.0271.